The summed E-state index contributed by atoms with van der Waals surface area (Å²) in [5, 5.41) is 3.32. The molecule has 0 spiro atoms. The predicted molar refractivity (Wildman–Crippen MR) is 111 cm³/mol. The molecule has 0 saturated carbocycles. The summed E-state index contributed by atoms with van der Waals surface area (Å²) in [7, 11) is 0. The number of rotatable bonds is 6. The maximum atomic E-state index is 11.8. The van der Waals surface area contributed by atoms with Gasteiger partial charge < -0.3 is 9.47 Å². The van der Waals surface area contributed by atoms with Crippen LogP contribution in [0.3, 0.4) is 0 Å². The number of ether oxygens (including phenoxy) is 2. The molecule has 3 N–H and O–H groups in total. The molecule has 7 nitrogen and oxygen atoms in total. The molecular formula is C17H14Cl3N3O4S. The molecule has 0 bridgehead atoms. The van der Waals surface area contributed by atoms with E-state index in [2.05, 4.69) is 16.2 Å². The van der Waals surface area contributed by atoms with E-state index >= 15 is 0 Å². The number of carbonyl (C=O) groups excluding carboxylic acids is 2. The van der Waals surface area contributed by atoms with Crippen LogP contribution in [-0.4, -0.2) is 30.1 Å². The fraction of sp³-hybridized carbons (Fsp3) is 0.118. The number of nitrogens with one attached hydrogen (secondary N) is 3. The molecule has 0 fully saturated rings. The minimum Gasteiger partial charge on any atom is -0.482 e. The van der Waals surface area contributed by atoms with Gasteiger partial charge in [0.1, 0.15) is 11.5 Å². The molecule has 0 heterocycles. The van der Waals surface area contributed by atoms with Crippen LogP contribution in [0.2, 0.25) is 15.1 Å². The first-order valence-corrected chi connectivity index (χ1v) is 9.23. The highest BCUT2D eigenvalue weighted by atomic mass is 35.5. The highest BCUT2D eigenvalue weighted by Gasteiger charge is 2.10. The third-order valence-electron chi connectivity index (χ3n) is 3.02. The summed E-state index contributed by atoms with van der Waals surface area (Å²) in [5.74, 6) is -0.413. The maximum absolute atomic E-state index is 11.8. The lowest BCUT2D eigenvalue weighted by molar-refractivity contribution is -0.124. The van der Waals surface area contributed by atoms with Crippen LogP contribution in [0, 0.1) is 0 Å². The largest absolute Gasteiger partial charge is 0.482 e. The van der Waals surface area contributed by atoms with Gasteiger partial charge in [-0.3, -0.25) is 25.8 Å². The molecule has 0 aliphatic carbocycles. The van der Waals surface area contributed by atoms with Gasteiger partial charge in [-0.25, -0.2) is 0 Å². The standard InChI is InChI=1S/C17H14Cl3N3O4S/c18-10-5-6-14(12(20)7-10)27-9-16(25)22-23-17(28)21-15(24)8-26-13-4-2-1-3-11(13)19/h1-7H,8-9H2,(H,22,25)(H2,21,23,24,28). The third kappa shape index (κ3) is 7.40. The summed E-state index contributed by atoms with van der Waals surface area (Å²) in [5.41, 5.74) is 4.64. The van der Waals surface area contributed by atoms with E-state index in [4.69, 9.17) is 56.5 Å². The van der Waals surface area contributed by atoms with Crippen LogP contribution < -0.4 is 25.6 Å². The van der Waals surface area contributed by atoms with Gasteiger partial charge in [0.2, 0.25) is 0 Å². The highest BCUT2D eigenvalue weighted by Crippen LogP contribution is 2.27. The number of amides is 2. The number of para-hydroxylation sites is 1. The predicted octanol–water partition coefficient (Wildman–Crippen LogP) is 3.13. The number of halogens is 3. The van der Waals surface area contributed by atoms with Crippen molar-refractivity contribution in [3.8, 4) is 11.5 Å². The van der Waals surface area contributed by atoms with Crippen molar-refractivity contribution < 1.29 is 19.1 Å². The Kier molecular flexibility index (Phi) is 8.59. The molecule has 0 aliphatic heterocycles. The van der Waals surface area contributed by atoms with Gasteiger partial charge in [-0.15, -0.1) is 0 Å². The van der Waals surface area contributed by atoms with E-state index in [0.29, 0.717) is 21.5 Å². The normalized spacial score (nSPS) is 9.96. The third-order valence-corrected chi connectivity index (χ3v) is 4.06. The first-order chi connectivity index (χ1) is 13.3. The number of hydrazine groups is 1. The van der Waals surface area contributed by atoms with Crippen molar-refractivity contribution in [2.24, 2.45) is 0 Å². The van der Waals surface area contributed by atoms with E-state index in [1.807, 2.05) is 0 Å². The number of benzene rings is 2. The van der Waals surface area contributed by atoms with Crippen molar-refractivity contribution in [2.75, 3.05) is 13.2 Å². The molecule has 11 heteroatoms. The molecule has 0 saturated heterocycles. The van der Waals surface area contributed by atoms with Gasteiger partial charge in [0, 0.05) is 5.02 Å². The van der Waals surface area contributed by atoms with Crippen LogP contribution in [0.15, 0.2) is 42.5 Å². The lowest BCUT2D eigenvalue weighted by Crippen LogP contribution is -2.50. The van der Waals surface area contributed by atoms with Gasteiger partial charge >= 0.3 is 0 Å². The van der Waals surface area contributed by atoms with E-state index in [9.17, 15) is 9.59 Å². The summed E-state index contributed by atoms with van der Waals surface area (Å²) in [6.07, 6.45) is 0. The Morgan fingerprint density at radius 2 is 1.50 bits per heavy atom. The van der Waals surface area contributed by atoms with Gasteiger partial charge in [0.25, 0.3) is 11.8 Å². The average Bonchev–Trinajstić information content (AvgIpc) is 2.65. The topological polar surface area (TPSA) is 88.7 Å². The molecule has 0 unspecified atom stereocenters. The van der Waals surface area contributed by atoms with Crippen LogP contribution in [0.1, 0.15) is 0 Å². The van der Waals surface area contributed by atoms with Crippen molar-refractivity contribution >= 4 is 63.9 Å². The zero-order valence-electron chi connectivity index (χ0n) is 14.1. The molecule has 0 aliphatic rings. The smallest absolute Gasteiger partial charge is 0.276 e. The number of hydrogen-bond acceptors (Lipinski definition) is 5. The Labute approximate surface area is 181 Å². The van der Waals surface area contributed by atoms with E-state index in [0.717, 1.165) is 0 Å². The van der Waals surface area contributed by atoms with Crippen molar-refractivity contribution in [1.29, 1.82) is 0 Å². The van der Waals surface area contributed by atoms with E-state index in [1.54, 1.807) is 30.3 Å². The fourth-order valence-electron chi connectivity index (χ4n) is 1.80. The average molecular weight is 463 g/mol. The van der Waals surface area contributed by atoms with Crippen LogP contribution in [0.4, 0.5) is 0 Å². The maximum Gasteiger partial charge on any atom is 0.276 e. The van der Waals surface area contributed by atoms with Gasteiger partial charge in [-0.2, -0.15) is 0 Å². The minimum atomic E-state index is -0.546. The molecule has 2 aromatic carbocycles. The Morgan fingerprint density at radius 1 is 0.857 bits per heavy atom. The summed E-state index contributed by atoms with van der Waals surface area (Å²) >= 11 is 22.5. The molecule has 2 amide bonds. The Hall–Kier alpha value is -2.26. The molecule has 2 rings (SSSR count). The Balaban J connectivity index is 1.67. The van der Waals surface area contributed by atoms with E-state index < -0.39 is 11.8 Å². The van der Waals surface area contributed by atoms with Gasteiger partial charge in [-0.1, -0.05) is 46.9 Å². The lowest BCUT2D eigenvalue weighted by atomic mass is 10.3. The number of hydrogen-bond donors (Lipinski definition) is 3. The zero-order chi connectivity index (χ0) is 20.5. The van der Waals surface area contributed by atoms with Crippen LogP contribution >= 0.6 is 47.0 Å². The SMILES string of the molecule is O=C(COc1ccc(Cl)cc1Cl)NNC(=S)NC(=O)COc1ccccc1Cl. The summed E-state index contributed by atoms with van der Waals surface area (Å²) < 4.78 is 10.5. The molecule has 148 valence electrons. The molecule has 0 atom stereocenters. The monoisotopic (exact) mass is 461 g/mol. The molecule has 0 radical (unpaired) electrons. The highest BCUT2D eigenvalue weighted by molar-refractivity contribution is 7.80. The Morgan fingerprint density at radius 3 is 2.18 bits per heavy atom. The summed E-state index contributed by atoms with van der Waals surface area (Å²) in [4.78, 5) is 23.5. The minimum absolute atomic E-state index is 0.120. The molecule has 0 aromatic heterocycles. The van der Waals surface area contributed by atoms with Crippen molar-refractivity contribution in [3.05, 3.63) is 57.5 Å². The second kappa shape index (κ2) is 10.9. The van der Waals surface area contributed by atoms with Crippen molar-refractivity contribution in [3.63, 3.8) is 0 Å². The second-order valence-electron chi connectivity index (χ2n) is 5.13. The van der Waals surface area contributed by atoms with Gasteiger partial charge in [0.15, 0.2) is 18.3 Å². The molecule has 28 heavy (non-hydrogen) atoms. The molecule has 2 aromatic rings. The lowest BCUT2D eigenvalue weighted by Gasteiger charge is -2.12. The molecular weight excluding hydrogens is 449 g/mol. The van der Waals surface area contributed by atoms with Crippen LogP contribution in [0.5, 0.6) is 11.5 Å². The second-order valence-corrected chi connectivity index (χ2v) is 6.79. The number of carbonyl (C=O) groups is 2. The quantitative estimate of drug-likeness (QED) is 0.451. The van der Waals surface area contributed by atoms with Crippen LogP contribution in [0.25, 0.3) is 0 Å². The first-order valence-electron chi connectivity index (χ1n) is 7.69. The van der Waals surface area contributed by atoms with Gasteiger partial charge in [0.05, 0.1) is 10.0 Å². The van der Waals surface area contributed by atoms with Gasteiger partial charge in [-0.05, 0) is 42.5 Å². The van der Waals surface area contributed by atoms with Crippen LogP contribution in [-0.2, 0) is 9.59 Å². The Bertz CT molecular complexity index is 882. The number of thiocarbonyl (C=S) groups is 1. The van der Waals surface area contributed by atoms with E-state index in [-0.39, 0.29) is 23.3 Å². The summed E-state index contributed by atoms with van der Waals surface area (Å²) in [6.45, 7) is -0.641. The van der Waals surface area contributed by atoms with E-state index in [1.165, 1.54) is 12.1 Å². The van der Waals surface area contributed by atoms with Crippen molar-refractivity contribution in [1.82, 2.24) is 16.2 Å². The van der Waals surface area contributed by atoms with Crippen molar-refractivity contribution in [2.45, 2.75) is 0 Å². The zero-order valence-corrected chi connectivity index (χ0v) is 17.2. The fourth-order valence-corrected chi connectivity index (χ4v) is 2.62. The summed E-state index contributed by atoms with van der Waals surface area (Å²) in [6, 6.07) is 11.3. The first kappa shape index (κ1) is 22.0.